The molecule has 0 unspecified atom stereocenters. The number of aromatic amines is 1. The van der Waals surface area contributed by atoms with Crippen LogP contribution in [0, 0.1) is 11.6 Å². The first kappa shape index (κ1) is 19.5. The Balaban J connectivity index is 1.46. The molecule has 5 rings (SSSR count). The van der Waals surface area contributed by atoms with E-state index in [0.29, 0.717) is 22.3 Å². The molecule has 32 heavy (non-hydrogen) atoms. The predicted molar refractivity (Wildman–Crippen MR) is 103 cm³/mol. The van der Waals surface area contributed by atoms with Gasteiger partial charge in [0, 0.05) is 29.7 Å². The van der Waals surface area contributed by atoms with Gasteiger partial charge in [-0.1, -0.05) is 0 Å². The molecule has 4 heterocycles. The van der Waals surface area contributed by atoms with Crippen LogP contribution in [0.1, 0.15) is 12.3 Å². The number of nitrogens with one attached hydrogen (secondary N) is 2. The van der Waals surface area contributed by atoms with Gasteiger partial charge < -0.3 is 14.7 Å². The largest absolute Gasteiger partial charge is 0.415 e. The van der Waals surface area contributed by atoms with Gasteiger partial charge >= 0.3 is 6.43 Å². The van der Waals surface area contributed by atoms with E-state index in [1.165, 1.54) is 18.7 Å². The number of H-pyrrole nitrogens is 1. The van der Waals surface area contributed by atoms with Gasteiger partial charge in [-0.25, -0.2) is 23.7 Å². The summed E-state index contributed by atoms with van der Waals surface area (Å²) in [5.74, 6) is -2.43. The van der Waals surface area contributed by atoms with Gasteiger partial charge in [0.25, 0.3) is 11.8 Å². The number of rotatable bonds is 5. The Kier molecular flexibility index (Phi) is 4.69. The minimum absolute atomic E-state index is 0.0744. The maximum Gasteiger partial charge on any atom is 0.314 e. The van der Waals surface area contributed by atoms with Crippen molar-refractivity contribution in [1.82, 2.24) is 35.1 Å². The van der Waals surface area contributed by atoms with E-state index in [4.69, 9.17) is 4.42 Å². The van der Waals surface area contributed by atoms with Crippen LogP contribution in [-0.2, 0) is 0 Å². The highest BCUT2D eigenvalue weighted by Crippen LogP contribution is 2.32. The third kappa shape index (κ3) is 3.59. The van der Waals surface area contributed by atoms with E-state index in [-0.39, 0.29) is 23.1 Å². The van der Waals surface area contributed by atoms with E-state index in [9.17, 15) is 17.6 Å². The first-order chi connectivity index (χ1) is 15.5. The summed E-state index contributed by atoms with van der Waals surface area (Å²) in [7, 11) is 0. The molecular formula is C19H10F4N8O. The number of aromatic nitrogens is 7. The molecule has 13 heteroatoms. The molecule has 0 bridgehead atoms. The van der Waals surface area contributed by atoms with Crippen molar-refractivity contribution >= 4 is 22.7 Å². The van der Waals surface area contributed by atoms with E-state index < -0.39 is 24.0 Å². The monoisotopic (exact) mass is 442 g/mol. The molecule has 0 atom stereocenters. The van der Waals surface area contributed by atoms with Crippen molar-refractivity contribution in [2.24, 2.45) is 0 Å². The Morgan fingerprint density at radius 3 is 2.47 bits per heavy atom. The van der Waals surface area contributed by atoms with Crippen LogP contribution >= 0.6 is 0 Å². The minimum Gasteiger partial charge on any atom is -0.415 e. The first-order valence-electron chi connectivity index (χ1n) is 8.97. The van der Waals surface area contributed by atoms with Gasteiger partial charge in [-0.15, -0.1) is 10.2 Å². The Labute approximate surface area is 175 Å². The van der Waals surface area contributed by atoms with E-state index in [1.54, 1.807) is 12.1 Å². The average Bonchev–Trinajstić information content (AvgIpc) is 3.44. The molecule has 160 valence electrons. The maximum absolute atomic E-state index is 14.3. The van der Waals surface area contributed by atoms with Crippen molar-refractivity contribution in [2.75, 3.05) is 5.32 Å². The SMILES string of the molecule is Fc1cnc(-c2cc(Nc3ncc(-c4nnc(C(F)F)o4)cn3)cc3[nH]cnc23)c(F)c1. The van der Waals surface area contributed by atoms with Crippen molar-refractivity contribution < 1.29 is 22.0 Å². The molecule has 0 radical (unpaired) electrons. The van der Waals surface area contributed by atoms with Gasteiger partial charge in [-0.05, 0) is 12.1 Å². The van der Waals surface area contributed by atoms with Gasteiger partial charge in [-0.2, -0.15) is 8.78 Å². The van der Waals surface area contributed by atoms with Crippen LogP contribution in [0.5, 0.6) is 0 Å². The van der Waals surface area contributed by atoms with Gasteiger partial charge in [0.05, 0.1) is 29.1 Å². The summed E-state index contributed by atoms with van der Waals surface area (Å²) in [4.78, 5) is 19.1. The Morgan fingerprint density at radius 1 is 0.938 bits per heavy atom. The van der Waals surface area contributed by atoms with Gasteiger partial charge in [0.1, 0.15) is 11.5 Å². The lowest BCUT2D eigenvalue weighted by molar-refractivity contribution is 0.116. The predicted octanol–water partition coefficient (Wildman–Crippen LogP) is 4.42. The Bertz CT molecular complexity index is 1420. The Morgan fingerprint density at radius 2 is 1.75 bits per heavy atom. The molecule has 9 nitrogen and oxygen atoms in total. The molecular weight excluding hydrogens is 432 g/mol. The third-order valence-corrected chi connectivity index (χ3v) is 4.37. The fourth-order valence-corrected chi connectivity index (χ4v) is 2.99. The smallest absolute Gasteiger partial charge is 0.314 e. The zero-order chi connectivity index (χ0) is 22.2. The molecule has 0 aliphatic heterocycles. The highest BCUT2D eigenvalue weighted by molar-refractivity contribution is 5.94. The highest BCUT2D eigenvalue weighted by atomic mass is 19.3. The molecule has 0 aliphatic carbocycles. The quantitative estimate of drug-likeness (QED) is 0.384. The van der Waals surface area contributed by atoms with Crippen LogP contribution in [0.2, 0.25) is 0 Å². The Hall–Kier alpha value is -4.42. The number of anilines is 2. The van der Waals surface area contributed by atoms with E-state index in [1.807, 2.05) is 0 Å². The lowest BCUT2D eigenvalue weighted by Gasteiger charge is -2.09. The summed E-state index contributed by atoms with van der Waals surface area (Å²) in [5, 5.41) is 9.73. The molecule has 0 fully saturated rings. The standard InChI is InChI=1S/C19H10F4N8O/c20-9-1-12(21)14(24-6-9)11-2-10(3-13-15(11)28-7-27-13)29-19-25-4-8(5-26-19)17-30-31-18(32-17)16(22)23/h1-7,16H,(H,27,28)(H,25,26,29). The van der Waals surface area contributed by atoms with Crippen LogP contribution in [0.25, 0.3) is 33.7 Å². The average molecular weight is 442 g/mol. The second-order valence-corrected chi connectivity index (χ2v) is 6.47. The highest BCUT2D eigenvalue weighted by Gasteiger charge is 2.18. The lowest BCUT2D eigenvalue weighted by atomic mass is 10.1. The second kappa shape index (κ2) is 7.68. The molecule has 0 aliphatic rings. The summed E-state index contributed by atoms with van der Waals surface area (Å²) in [6.07, 6.45) is 2.09. The topological polar surface area (TPSA) is 118 Å². The third-order valence-electron chi connectivity index (χ3n) is 4.37. The van der Waals surface area contributed by atoms with E-state index >= 15 is 0 Å². The first-order valence-corrected chi connectivity index (χ1v) is 8.97. The summed E-state index contributed by atoms with van der Waals surface area (Å²) < 4.78 is 57.7. The van der Waals surface area contributed by atoms with Crippen molar-refractivity contribution in [3.05, 3.63) is 60.6 Å². The molecule has 0 spiro atoms. The molecule has 0 amide bonds. The van der Waals surface area contributed by atoms with Gasteiger partial charge in [0.2, 0.25) is 5.95 Å². The van der Waals surface area contributed by atoms with Crippen LogP contribution in [0.3, 0.4) is 0 Å². The van der Waals surface area contributed by atoms with Crippen molar-refractivity contribution in [2.45, 2.75) is 6.43 Å². The zero-order valence-electron chi connectivity index (χ0n) is 15.7. The van der Waals surface area contributed by atoms with Crippen molar-refractivity contribution in [1.29, 1.82) is 0 Å². The van der Waals surface area contributed by atoms with E-state index in [0.717, 1.165) is 12.3 Å². The molecule has 2 N–H and O–H groups in total. The van der Waals surface area contributed by atoms with Gasteiger partial charge in [-0.3, -0.25) is 4.98 Å². The van der Waals surface area contributed by atoms with Crippen LogP contribution in [0.4, 0.5) is 29.2 Å². The number of alkyl halides is 2. The number of halogens is 4. The van der Waals surface area contributed by atoms with Crippen molar-refractivity contribution in [3.63, 3.8) is 0 Å². The summed E-state index contributed by atoms with van der Waals surface area (Å²) >= 11 is 0. The second-order valence-electron chi connectivity index (χ2n) is 6.47. The summed E-state index contributed by atoms with van der Waals surface area (Å²) in [5.41, 5.74) is 1.97. The lowest BCUT2D eigenvalue weighted by Crippen LogP contribution is -1.99. The number of hydrogen-bond donors (Lipinski definition) is 2. The van der Waals surface area contributed by atoms with Crippen LogP contribution in [0.15, 0.2) is 47.5 Å². The molecule has 4 aromatic heterocycles. The number of imidazole rings is 1. The maximum atomic E-state index is 14.3. The number of hydrogen-bond acceptors (Lipinski definition) is 8. The van der Waals surface area contributed by atoms with Crippen LogP contribution < -0.4 is 5.32 Å². The normalized spacial score (nSPS) is 11.4. The number of benzene rings is 1. The number of fused-ring (bicyclic) bond motifs is 1. The molecule has 0 saturated heterocycles. The minimum atomic E-state index is -2.88. The van der Waals surface area contributed by atoms with Gasteiger partial charge in [0.15, 0.2) is 5.82 Å². The van der Waals surface area contributed by atoms with E-state index in [2.05, 4.69) is 40.4 Å². The fraction of sp³-hybridized carbons (Fsp3) is 0.0526. The zero-order valence-corrected chi connectivity index (χ0v) is 15.7. The number of nitrogens with zero attached hydrogens (tertiary/aromatic N) is 6. The van der Waals surface area contributed by atoms with Crippen LogP contribution in [-0.4, -0.2) is 35.1 Å². The van der Waals surface area contributed by atoms with Crippen molar-refractivity contribution in [3.8, 4) is 22.7 Å². The molecule has 0 saturated carbocycles. The fourth-order valence-electron chi connectivity index (χ4n) is 2.99. The molecule has 5 aromatic rings. The summed E-state index contributed by atoms with van der Waals surface area (Å²) in [6.45, 7) is 0. The molecule has 1 aromatic carbocycles. The number of pyridine rings is 1. The summed E-state index contributed by atoms with van der Waals surface area (Å²) in [6, 6.07) is 3.99.